The highest BCUT2D eigenvalue weighted by atomic mass is 35.5. The molecular formula is C25H14Cl3N3O2S. The van der Waals surface area contributed by atoms with Crippen molar-refractivity contribution in [2.45, 2.75) is 0 Å². The van der Waals surface area contributed by atoms with Gasteiger partial charge in [-0.25, -0.2) is 0 Å². The largest absolute Gasteiger partial charge is 0.320 e. The molecule has 5 nitrogen and oxygen atoms in total. The molecule has 168 valence electrons. The molecule has 9 heteroatoms. The highest BCUT2D eigenvalue weighted by Crippen LogP contribution is 2.25. The van der Waals surface area contributed by atoms with Gasteiger partial charge in [0, 0.05) is 10.0 Å². The number of amides is 1. The molecule has 4 rings (SSSR count). The number of rotatable bonds is 4. The summed E-state index contributed by atoms with van der Waals surface area (Å²) in [5.41, 5.74) is 0.773. The highest BCUT2D eigenvalue weighted by molar-refractivity contribution is 7.07. The predicted molar refractivity (Wildman–Crippen MR) is 138 cm³/mol. The first-order chi connectivity index (χ1) is 16.4. The maximum atomic E-state index is 13.4. The van der Waals surface area contributed by atoms with Crippen molar-refractivity contribution >= 4 is 69.4 Å². The molecule has 0 spiro atoms. The lowest BCUT2D eigenvalue weighted by Gasteiger charge is -2.07. The van der Waals surface area contributed by atoms with Crippen molar-refractivity contribution in [2.24, 2.45) is 0 Å². The van der Waals surface area contributed by atoms with E-state index in [1.165, 1.54) is 16.7 Å². The molecule has 1 amide bonds. The van der Waals surface area contributed by atoms with E-state index in [0.717, 1.165) is 11.3 Å². The van der Waals surface area contributed by atoms with Gasteiger partial charge in [-0.2, -0.15) is 5.26 Å². The van der Waals surface area contributed by atoms with E-state index in [0.29, 0.717) is 25.8 Å². The summed E-state index contributed by atoms with van der Waals surface area (Å²) in [5, 5.41) is 13.6. The van der Waals surface area contributed by atoms with Crippen molar-refractivity contribution in [3.05, 3.63) is 113 Å². The van der Waals surface area contributed by atoms with Crippen LogP contribution in [0, 0.1) is 11.3 Å². The zero-order chi connectivity index (χ0) is 24.2. The summed E-state index contributed by atoms with van der Waals surface area (Å²) in [6.07, 6.45) is 1.64. The molecule has 0 aliphatic heterocycles. The van der Waals surface area contributed by atoms with Gasteiger partial charge in [0.05, 0.1) is 20.9 Å². The van der Waals surface area contributed by atoms with Crippen LogP contribution in [0.25, 0.3) is 17.3 Å². The van der Waals surface area contributed by atoms with Gasteiger partial charge in [-0.15, -0.1) is 11.3 Å². The van der Waals surface area contributed by atoms with Crippen LogP contribution in [0.15, 0.2) is 77.6 Å². The monoisotopic (exact) mass is 525 g/mol. The van der Waals surface area contributed by atoms with E-state index >= 15 is 0 Å². The molecule has 3 aromatic carbocycles. The summed E-state index contributed by atoms with van der Waals surface area (Å²) >= 11 is 19.5. The maximum Gasteiger partial charge on any atom is 0.273 e. The molecular weight excluding hydrogens is 513 g/mol. The fourth-order valence-electron chi connectivity index (χ4n) is 3.17. The number of hydrogen-bond donors (Lipinski definition) is 1. The molecule has 0 saturated carbocycles. The molecule has 0 atom stereocenters. The first-order valence-electron chi connectivity index (χ1n) is 9.83. The van der Waals surface area contributed by atoms with Gasteiger partial charge >= 0.3 is 0 Å². The highest BCUT2D eigenvalue weighted by Gasteiger charge is 2.18. The molecule has 1 N–H and O–H groups in total. The Morgan fingerprint density at radius 2 is 1.68 bits per heavy atom. The van der Waals surface area contributed by atoms with Gasteiger partial charge < -0.3 is 5.32 Å². The molecule has 0 aliphatic carbocycles. The third-order valence-electron chi connectivity index (χ3n) is 4.76. The van der Waals surface area contributed by atoms with Gasteiger partial charge in [-0.1, -0.05) is 71.2 Å². The van der Waals surface area contributed by atoms with Crippen molar-refractivity contribution in [3.63, 3.8) is 0 Å². The summed E-state index contributed by atoms with van der Waals surface area (Å²) in [6.45, 7) is 0. The summed E-state index contributed by atoms with van der Waals surface area (Å²) < 4.78 is 1.83. The number of thiazole rings is 1. The van der Waals surface area contributed by atoms with Crippen LogP contribution in [0.1, 0.15) is 5.56 Å². The fourth-order valence-corrected chi connectivity index (χ4v) is 4.79. The third-order valence-corrected chi connectivity index (χ3v) is 6.76. The SMILES string of the molecule is N#C/C(C(=O)Nc1cc(Cl)ccc1Cl)=c1\s/c(=C/c2ccccc2Cl)c(=O)n1-c1ccccc1. The Morgan fingerprint density at radius 1 is 0.971 bits per heavy atom. The van der Waals surface area contributed by atoms with Crippen LogP contribution in [0.3, 0.4) is 0 Å². The number of nitriles is 1. The number of carbonyl (C=O) groups excluding carboxylic acids is 1. The standard InChI is InChI=1S/C25H14Cl3N3O2S/c26-16-10-11-20(28)21(13-16)30-23(32)18(14-29)25-31(17-7-2-1-3-8-17)24(33)22(34-25)12-15-6-4-5-9-19(15)27/h1-13H,(H,30,32)/b22-12+,25-18+. The summed E-state index contributed by atoms with van der Waals surface area (Å²) in [6, 6.07) is 22.4. The van der Waals surface area contributed by atoms with E-state index in [4.69, 9.17) is 34.8 Å². The van der Waals surface area contributed by atoms with E-state index in [1.54, 1.807) is 66.7 Å². The minimum absolute atomic E-state index is 0.174. The lowest BCUT2D eigenvalue weighted by molar-refractivity contribution is -0.111. The maximum absolute atomic E-state index is 13.4. The zero-order valence-corrected chi connectivity index (χ0v) is 20.3. The molecule has 34 heavy (non-hydrogen) atoms. The van der Waals surface area contributed by atoms with Crippen LogP contribution in [0.2, 0.25) is 15.1 Å². The molecule has 0 bridgehead atoms. The number of aromatic nitrogens is 1. The van der Waals surface area contributed by atoms with Crippen molar-refractivity contribution in [1.29, 1.82) is 5.26 Å². The lowest BCUT2D eigenvalue weighted by Crippen LogP contribution is -2.32. The second-order valence-electron chi connectivity index (χ2n) is 6.98. The van der Waals surface area contributed by atoms with Gasteiger partial charge in [0.2, 0.25) is 0 Å². The molecule has 1 heterocycles. The van der Waals surface area contributed by atoms with E-state index in [1.807, 2.05) is 6.07 Å². The van der Waals surface area contributed by atoms with Gasteiger partial charge in [0.15, 0.2) is 5.57 Å². The third kappa shape index (κ3) is 4.93. The van der Waals surface area contributed by atoms with Crippen LogP contribution < -0.4 is 20.1 Å². The quantitative estimate of drug-likeness (QED) is 0.407. The van der Waals surface area contributed by atoms with Gasteiger partial charge in [-0.3, -0.25) is 14.2 Å². The Hall–Kier alpha value is -3.34. The summed E-state index contributed by atoms with van der Waals surface area (Å²) in [5.74, 6) is -0.720. The van der Waals surface area contributed by atoms with Crippen LogP contribution in [0.4, 0.5) is 5.69 Å². The number of nitrogens with zero attached hydrogens (tertiary/aromatic N) is 2. The molecule has 0 saturated heterocycles. The number of carbonyl (C=O) groups is 1. The van der Waals surface area contributed by atoms with Crippen LogP contribution >= 0.6 is 46.1 Å². The Kier molecular flexibility index (Phi) is 7.20. The zero-order valence-electron chi connectivity index (χ0n) is 17.3. The van der Waals surface area contributed by atoms with E-state index in [2.05, 4.69) is 5.32 Å². The molecule has 0 aliphatic rings. The number of para-hydroxylation sites is 1. The van der Waals surface area contributed by atoms with Crippen molar-refractivity contribution < 1.29 is 4.79 Å². The number of hydrogen-bond acceptors (Lipinski definition) is 4. The van der Waals surface area contributed by atoms with Gasteiger partial charge in [0.1, 0.15) is 10.7 Å². The Bertz CT molecular complexity index is 1620. The fraction of sp³-hybridized carbons (Fsp3) is 0. The number of halogens is 3. The van der Waals surface area contributed by atoms with Crippen molar-refractivity contribution in [2.75, 3.05) is 5.32 Å². The minimum Gasteiger partial charge on any atom is -0.320 e. The molecule has 0 fully saturated rings. The number of nitrogens with one attached hydrogen (secondary N) is 1. The van der Waals surface area contributed by atoms with Crippen molar-refractivity contribution in [3.8, 4) is 11.8 Å². The smallest absolute Gasteiger partial charge is 0.273 e. The number of benzene rings is 3. The topological polar surface area (TPSA) is 74.9 Å². The summed E-state index contributed by atoms with van der Waals surface area (Å²) in [4.78, 5) is 26.5. The normalized spacial score (nSPS) is 12.2. The minimum atomic E-state index is -0.720. The molecule has 1 aromatic heterocycles. The van der Waals surface area contributed by atoms with E-state index in [-0.39, 0.29) is 26.5 Å². The second-order valence-corrected chi connectivity index (χ2v) is 9.26. The number of anilines is 1. The Labute approximate surface area is 213 Å². The van der Waals surface area contributed by atoms with Crippen LogP contribution in [-0.4, -0.2) is 10.5 Å². The van der Waals surface area contributed by atoms with Crippen LogP contribution in [-0.2, 0) is 4.79 Å². The second kappa shape index (κ2) is 10.3. The van der Waals surface area contributed by atoms with Gasteiger partial charge in [0.25, 0.3) is 11.5 Å². The summed E-state index contributed by atoms with van der Waals surface area (Å²) in [7, 11) is 0. The molecule has 4 aromatic rings. The van der Waals surface area contributed by atoms with Crippen LogP contribution in [0.5, 0.6) is 0 Å². The lowest BCUT2D eigenvalue weighted by atomic mass is 10.2. The predicted octanol–water partition coefficient (Wildman–Crippen LogP) is 5.00. The Balaban J connectivity index is 1.97. The molecule has 0 unspecified atom stereocenters. The van der Waals surface area contributed by atoms with Crippen molar-refractivity contribution in [1.82, 2.24) is 4.57 Å². The van der Waals surface area contributed by atoms with E-state index < -0.39 is 5.91 Å². The Morgan fingerprint density at radius 3 is 2.38 bits per heavy atom. The first-order valence-corrected chi connectivity index (χ1v) is 11.8. The van der Waals surface area contributed by atoms with Gasteiger partial charge in [-0.05, 0) is 48.0 Å². The first kappa shape index (κ1) is 23.8. The van der Waals surface area contributed by atoms with E-state index in [9.17, 15) is 14.9 Å². The molecule has 0 radical (unpaired) electrons. The average molecular weight is 527 g/mol. The average Bonchev–Trinajstić information content (AvgIpc) is 3.14.